The molecule has 0 aromatic carbocycles. The molecule has 0 aliphatic carbocycles. The second kappa shape index (κ2) is 6.09. The number of nitrogens with zero attached hydrogens (tertiary/aromatic N) is 3. The highest BCUT2D eigenvalue weighted by Gasteiger charge is 2.20. The molecule has 6 nitrogen and oxygen atoms in total. The Morgan fingerprint density at radius 3 is 3.12 bits per heavy atom. The first-order valence-corrected chi connectivity index (χ1v) is 6.07. The monoisotopic (exact) mass is 240 g/mol. The maximum atomic E-state index is 5.61. The van der Waals surface area contributed by atoms with Crippen LogP contribution in [0.4, 0.5) is 0 Å². The number of rotatable bonds is 6. The average Bonchev–Trinajstić information content (AvgIpc) is 2.94. The Morgan fingerprint density at radius 1 is 1.59 bits per heavy atom. The lowest BCUT2D eigenvalue weighted by atomic mass is 10.2. The topological polar surface area (TPSA) is 75.2 Å². The number of methoxy groups -OCH3 is 1. The van der Waals surface area contributed by atoms with Gasteiger partial charge in [-0.2, -0.15) is 0 Å². The van der Waals surface area contributed by atoms with Crippen molar-refractivity contribution < 1.29 is 9.47 Å². The molecule has 1 aromatic rings. The van der Waals surface area contributed by atoms with Crippen molar-refractivity contribution in [3.8, 4) is 0 Å². The molecule has 1 aliphatic rings. The van der Waals surface area contributed by atoms with Gasteiger partial charge in [-0.25, -0.2) is 4.68 Å². The standard InChI is InChI=1S/C11H20N4O2/c1-16-8-11-10(4-5-12)13-14-15(11)7-9-3-2-6-17-9/h9H,2-8,12H2,1H3. The minimum atomic E-state index is 0.262. The fraction of sp³-hybridized carbons (Fsp3) is 0.818. The van der Waals surface area contributed by atoms with E-state index in [1.807, 2.05) is 4.68 Å². The fourth-order valence-corrected chi connectivity index (χ4v) is 2.12. The van der Waals surface area contributed by atoms with E-state index in [2.05, 4.69) is 10.3 Å². The van der Waals surface area contributed by atoms with Crippen molar-refractivity contribution in [2.24, 2.45) is 5.73 Å². The van der Waals surface area contributed by atoms with Gasteiger partial charge in [0.25, 0.3) is 0 Å². The summed E-state index contributed by atoms with van der Waals surface area (Å²) in [4.78, 5) is 0. The molecule has 0 saturated carbocycles. The van der Waals surface area contributed by atoms with Crippen molar-refractivity contribution in [3.05, 3.63) is 11.4 Å². The maximum absolute atomic E-state index is 5.61. The molecule has 1 fully saturated rings. The molecule has 0 bridgehead atoms. The second-order valence-corrected chi connectivity index (χ2v) is 4.27. The molecule has 0 spiro atoms. The molecule has 2 rings (SSSR count). The van der Waals surface area contributed by atoms with Crippen LogP contribution in [-0.2, 0) is 29.0 Å². The summed E-state index contributed by atoms with van der Waals surface area (Å²) in [5.74, 6) is 0. The number of hydrogen-bond donors (Lipinski definition) is 1. The summed E-state index contributed by atoms with van der Waals surface area (Å²) >= 11 is 0. The summed E-state index contributed by atoms with van der Waals surface area (Å²) in [5.41, 5.74) is 7.51. The highest BCUT2D eigenvalue weighted by atomic mass is 16.5. The van der Waals surface area contributed by atoms with Crippen molar-refractivity contribution >= 4 is 0 Å². The van der Waals surface area contributed by atoms with E-state index in [-0.39, 0.29) is 6.10 Å². The molecule has 17 heavy (non-hydrogen) atoms. The molecule has 2 N–H and O–H groups in total. The van der Waals surface area contributed by atoms with Crippen molar-refractivity contribution in [3.63, 3.8) is 0 Å². The summed E-state index contributed by atoms with van der Waals surface area (Å²) in [5, 5.41) is 8.33. The fourth-order valence-electron chi connectivity index (χ4n) is 2.12. The minimum Gasteiger partial charge on any atom is -0.378 e. The molecular formula is C11H20N4O2. The molecule has 0 radical (unpaired) electrons. The van der Waals surface area contributed by atoms with Gasteiger partial charge in [-0.05, 0) is 19.4 Å². The van der Waals surface area contributed by atoms with Crippen LogP contribution in [0.5, 0.6) is 0 Å². The largest absolute Gasteiger partial charge is 0.378 e. The Morgan fingerprint density at radius 2 is 2.47 bits per heavy atom. The first-order valence-electron chi connectivity index (χ1n) is 6.07. The Hall–Kier alpha value is -0.980. The van der Waals surface area contributed by atoms with Crippen LogP contribution in [0, 0.1) is 0 Å². The number of hydrogen-bond acceptors (Lipinski definition) is 5. The van der Waals surface area contributed by atoms with Gasteiger partial charge in [-0.15, -0.1) is 5.10 Å². The maximum Gasteiger partial charge on any atom is 0.0900 e. The van der Waals surface area contributed by atoms with Gasteiger partial charge >= 0.3 is 0 Å². The summed E-state index contributed by atoms with van der Waals surface area (Å²) in [6.45, 7) is 2.72. The lowest BCUT2D eigenvalue weighted by molar-refractivity contribution is 0.0899. The van der Waals surface area contributed by atoms with Gasteiger partial charge < -0.3 is 15.2 Å². The zero-order valence-electron chi connectivity index (χ0n) is 10.3. The van der Waals surface area contributed by atoms with E-state index in [4.69, 9.17) is 15.2 Å². The first-order chi connectivity index (χ1) is 8.35. The third kappa shape index (κ3) is 3.02. The molecule has 96 valence electrons. The number of ether oxygens (including phenoxy) is 2. The predicted octanol–water partition coefficient (Wildman–Crippen LogP) is 0.105. The molecule has 0 amide bonds. The summed E-state index contributed by atoms with van der Waals surface area (Å²) in [6.07, 6.45) is 3.23. The summed E-state index contributed by atoms with van der Waals surface area (Å²) in [7, 11) is 1.68. The third-order valence-corrected chi connectivity index (χ3v) is 2.98. The van der Waals surface area contributed by atoms with Gasteiger partial charge in [-0.3, -0.25) is 0 Å². The minimum absolute atomic E-state index is 0.262. The van der Waals surface area contributed by atoms with Crippen LogP contribution >= 0.6 is 0 Å². The van der Waals surface area contributed by atoms with Crippen LogP contribution in [-0.4, -0.2) is 41.4 Å². The Labute approximate surface area is 101 Å². The third-order valence-electron chi connectivity index (χ3n) is 2.98. The van der Waals surface area contributed by atoms with Crippen LogP contribution < -0.4 is 5.73 Å². The molecular weight excluding hydrogens is 220 g/mol. The van der Waals surface area contributed by atoms with E-state index in [9.17, 15) is 0 Å². The van der Waals surface area contributed by atoms with Gasteiger partial charge in [0, 0.05) is 20.1 Å². The molecule has 1 aromatic heterocycles. The Balaban J connectivity index is 2.08. The van der Waals surface area contributed by atoms with Crippen LogP contribution in [0.15, 0.2) is 0 Å². The van der Waals surface area contributed by atoms with E-state index < -0.39 is 0 Å². The van der Waals surface area contributed by atoms with Gasteiger partial charge in [0.15, 0.2) is 0 Å². The molecule has 1 atom stereocenters. The average molecular weight is 240 g/mol. The lowest BCUT2D eigenvalue weighted by Crippen LogP contribution is -2.18. The zero-order valence-corrected chi connectivity index (χ0v) is 10.3. The normalized spacial score (nSPS) is 20.0. The van der Waals surface area contributed by atoms with E-state index in [1.54, 1.807) is 7.11 Å². The molecule has 1 unspecified atom stereocenters. The van der Waals surface area contributed by atoms with Crippen LogP contribution in [0.25, 0.3) is 0 Å². The highest BCUT2D eigenvalue weighted by Crippen LogP contribution is 2.16. The van der Waals surface area contributed by atoms with Gasteiger partial charge in [0.1, 0.15) is 0 Å². The Kier molecular flexibility index (Phi) is 4.47. The van der Waals surface area contributed by atoms with Crippen LogP contribution in [0.2, 0.25) is 0 Å². The number of nitrogens with two attached hydrogens (primary N) is 1. The van der Waals surface area contributed by atoms with Crippen LogP contribution in [0.1, 0.15) is 24.2 Å². The van der Waals surface area contributed by atoms with E-state index in [0.29, 0.717) is 13.2 Å². The SMILES string of the molecule is COCc1c(CCN)nnn1CC1CCCO1. The molecule has 1 aliphatic heterocycles. The number of aromatic nitrogens is 3. The van der Waals surface area contributed by atoms with Crippen LogP contribution in [0.3, 0.4) is 0 Å². The van der Waals surface area contributed by atoms with Crippen molar-refractivity contribution in [1.82, 2.24) is 15.0 Å². The van der Waals surface area contributed by atoms with Crippen molar-refractivity contribution in [1.29, 1.82) is 0 Å². The second-order valence-electron chi connectivity index (χ2n) is 4.27. The summed E-state index contributed by atoms with van der Waals surface area (Å²) in [6, 6.07) is 0. The van der Waals surface area contributed by atoms with Gasteiger partial charge in [0.2, 0.25) is 0 Å². The molecule has 1 saturated heterocycles. The van der Waals surface area contributed by atoms with E-state index in [0.717, 1.165) is 43.8 Å². The molecule has 6 heteroatoms. The van der Waals surface area contributed by atoms with Crippen molar-refractivity contribution in [2.75, 3.05) is 20.3 Å². The Bertz CT molecular complexity index is 347. The lowest BCUT2D eigenvalue weighted by Gasteiger charge is -2.11. The molecule has 2 heterocycles. The van der Waals surface area contributed by atoms with E-state index >= 15 is 0 Å². The smallest absolute Gasteiger partial charge is 0.0900 e. The first kappa shape index (κ1) is 12.5. The zero-order chi connectivity index (χ0) is 12.1. The van der Waals surface area contributed by atoms with Gasteiger partial charge in [0.05, 0.1) is 30.6 Å². The van der Waals surface area contributed by atoms with E-state index in [1.165, 1.54) is 0 Å². The predicted molar refractivity (Wildman–Crippen MR) is 62.5 cm³/mol. The highest BCUT2D eigenvalue weighted by molar-refractivity contribution is 5.10. The van der Waals surface area contributed by atoms with Gasteiger partial charge in [-0.1, -0.05) is 5.21 Å². The van der Waals surface area contributed by atoms with Crippen molar-refractivity contribution in [2.45, 2.75) is 38.5 Å². The quantitative estimate of drug-likeness (QED) is 0.763. The summed E-state index contributed by atoms with van der Waals surface area (Å²) < 4.78 is 12.7.